The molecule has 0 spiro atoms. The van der Waals surface area contributed by atoms with Gasteiger partial charge in [-0.05, 0) is 32.3 Å². The molecule has 0 atom stereocenters. The van der Waals surface area contributed by atoms with Crippen molar-refractivity contribution in [3.8, 4) is 11.5 Å². The molecule has 0 unspecified atom stereocenters. The van der Waals surface area contributed by atoms with Crippen LogP contribution in [-0.2, 0) is 4.79 Å². The van der Waals surface area contributed by atoms with Crippen molar-refractivity contribution >= 4 is 11.8 Å². The Balaban J connectivity index is 2.97. The summed E-state index contributed by atoms with van der Waals surface area (Å²) in [6, 6.07) is 4.75. The number of ketones is 1. The van der Waals surface area contributed by atoms with E-state index < -0.39 is 5.97 Å². The van der Waals surface area contributed by atoms with Crippen molar-refractivity contribution in [3.63, 3.8) is 0 Å². The molecular formula is C13H17NO4. The fourth-order valence-electron chi connectivity index (χ4n) is 1.46. The van der Waals surface area contributed by atoms with Crippen molar-refractivity contribution in [2.45, 2.75) is 6.92 Å². The molecule has 0 fully saturated rings. The van der Waals surface area contributed by atoms with Crippen LogP contribution >= 0.6 is 0 Å². The molecule has 1 aromatic rings. The van der Waals surface area contributed by atoms with Crippen LogP contribution in [-0.4, -0.2) is 44.4 Å². The second kappa shape index (κ2) is 6.16. The minimum absolute atomic E-state index is 0.0207. The van der Waals surface area contributed by atoms with Crippen molar-refractivity contribution < 1.29 is 19.1 Å². The summed E-state index contributed by atoms with van der Waals surface area (Å²) in [6.07, 6.45) is 0. The van der Waals surface area contributed by atoms with Gasteiger partial charge in [0, 0.05) is 12.5 Å². The molecule has 0 N–H and O–H groups in total. The Kier molecular flexibility index (Phi) is 4.85. The zero-order valence-corrected chi connectivity index (χ0v) is 11.0. The molecule has 0 saturated heterocycles. The third kappa shape index (κ3) is 3.85. The Bertz CT molecular complexity index is 454. The number of Topliss-reactive ketones (excluding diaryl/α,β-unsaturated/α-hetero) is 1. The number of likely N-dealkylation sites (N-methyl/N-ethyl adjacent to an activating group) is 1. The first-order valence-corrected chi connectivity index (χ1v) is 5.48. The molecular weight excluding hydrogens is 234 g/mol. The minimum atomic E-state index is -0.430. The molecule has 0 aliphatic carbocycles. The summed E-state index contributed by atoms with van der Waals surface area (Å²) in [7, 11) is 5.10. The zero-order chi connectivity index (χ0) is 13.7. The first-order valence-electron chi connectivity index (χ1n) is 5.48. The Labute approximate surface area is 106 Å². The Morgan fingerprint density at radius 3 is 2.39 bits per heavy atom. The van der Waals surface area contributed by atoms with Crippen molar-refractivity contribution in [1.82, 2.24) is 4.90 Å². The van der Waals surface area contributed by atoms with E-state index in [1.54, 1.807) is 23.1 Å². The highest BCUT2D eigenvalue weighted by molar-refractivity contribution is 5.98. The van der Waals surface area contributed by atoms with Crippen molar-refractivity contribution in [1.29, 1.82) is 0 Å². The summed E-state index contributed by atoms with van der Waals surface area (Å²) in [4.78, 5) is 24.5. The van der Waals surface area contributed by atoms with E-state index in [0.29, 0.717) is 23.6 Å². The summed E-state index contributed by atoms with van der Waals surface area (Å²) >= 11 is 0. The number of ether oxygens (including phenoxy) is 2. The highest BCUT2D eigenvalue weighted by Crippen LogP contribution is 2.28. The van der Waals surface area contributed by atoms with Crippen LogP contribution in [0.15, 0.2) is 18.2 Å². The number of methoxy groups -OCH3 is 1. The Morgan fingerprint density at radius 1 is 1.22 bits per heavy atom. The maximum Gasteiger partial charge on any atom is 0.308 e. The van der Waals surface area contributed by atoms with Gasteiger partial charge in [-0.2, -0.15) is 0 Å². The van der Waals surface area contributed by atoms with Gasteiger partial charge >= 0.3 is 5.97 Å². The lowest BCUT2D eigenvalue weighted by Gasteiger charge is -2.11. The average molecular weight is 251 g/mol. The lowest BCUT2D eigenvalue weighted by atomic mass is 10.1. The zero-order valence-electron chi connectivity index (χ0n) is 11.0. The maximum atomic E-state index is 11.9. The van der Waals surface area contributed by atoms with Crippen LogP contribution in [0.4, 0.5) is 0 Å². The third-order valence-electron chi connectivity index (χ3n) is 2.20. The molecule has 0 bridgehead atoms. The van der Waals surface area contributed by atoms with Gasteiger partial charge in [-0.3, -0.25) is 9.59 Å². The maximum absolute atomic E-state index is 11.9. The quantitative estimate of drug-likeness (QED) is 0.449. The lowest BCUT2D eigenvalue weighted by Crippen LogP contribution is -2.21. The van der Waals surface area contributed by atoms with Gasteiger partial charge in [-0.25, -0.2) is 0 Å². The van der Waals surface area contributed by atoms with Gasteiger partial charge in [-0.1, -0.05) is 0 Å². The molecule has 0 aromatic heterocycles. The van der Waals surface area contributed by atoms with E-state index in [0.717, 1.165) is 0 Å². The molecule has 98 valence electrons. The molecule has 0 aliphatic rings. The highest BCUT2D eigenvalue weighted by Gasteiger charge is 2.12. The van der Waals surface area contributed by atoms with Crippen LogP contribution in [0.2, 0.25) is 0 Å². The summed E-state index contributed by atoms with van der Waals surface area (Å²) < 4.78 is 10.1. The summed E-state index contributed by atoms with van der Waals surface area (Å²) in [5.74, 6) is 0.231. The molecule has 18 heavy (non-hydrogen) atoms. The van der Waals surface area contributed by atoms with Crippen LogP contribution in [0.1, 0.15) is 17.3 Å². The predicted molar refractivity (Wildman–Crippen MR) is 67.2 cm³/mol. The monoisotopic (exact) mass is 251 g/mol. The van der Waals surface area contributed by atoms with Crippen LogP contribution in [0.5, 0.6) is 11.5 Å². The molecule has 1 rings (SSSR count). The largest absolute Gasteiger partial charge is 0.493 e. The van der Waals surface area contributed by atoms with E-state index in [2.05, 4.69) is 0 Å². The van der Waals surface area contributed by atoms with Crippen molar-refractivity contribution in [3.05, 3.63) is 23.8 Å². The van der Waals surface area contributed by atoms with Crippen molar-refractivity contribution in [2.75, 3.05) is 27.7 Å². The molecule has 0 aliphatic heterocycles. The topological polar surface area (TPSA) is 55.8 Å². The second-order valence-corrected chi connectivity index (χ2v) is 4.12. The van der Waals surface area contributed by atoms with Crippen molar-refractivity contribution in [2.24, 2.45) is 0 Å². The fraction of sp³-hybridized carbons (Fsp3) is 0.385. The van der Waals surface area contributed by atoms with E-state index in [1.807, 2.05) is 14.1 Å². The number of hydrogen-bond acceptors (Lipinski definition) is 5. The standard InChI is InChI=1S/C13H17NO4/c1-9(15)18-12-6-5-10(7-13(12)17-4)11(16)8-14(2)3/h5-7H,8H2,1-4H3. The smallest absolute Gasteiger partial charge is 0.308 e. The normalized spacial score (nSPS) is 10.3. The highest BCUT2D eigenvalue weighted by atomic mass is 16.6. The number of esters is 1. The number of carbonyl (C=O) groups excluding carboxylic acids is 2. The molecule has 5 heteroatoms. The van der Waals surface area contributed by atoms with Crippen LogP contribution in [0.25, 0.3) is 0 Å². The lowest BCUT2D eigenvalue weighted by molar-refractivity contribution is -0.132. The number of nitrogens with zero attached hydrogens (tertiary/aromatic N) is 1. The number of hydrogen-bond donors (Lipinski definition) is 0. The Morgan fingerprint density at radius 2 is 1.89 bits per heavy atom. The van der Waals surface area contributed by atoms with E-state index in [-0.39, 0.29) is 5.78 Å². The second-order valence-electron chi connectivity index (χ2n) is 4.12. The summed E-state index contributed by atoms with van der Waals surface area (Å²) in [5, 5.41) is 0. The van der Waals surface area contributed by atoms with Gasteiger partial charge in [0.15, 0.2) is 17.3 Å². The van der Waals surface area contributed by atoms with Gasteiger partial charge < -0.3 is 14.4 Å². The average Bonchev–Trinajstić information content (AvgIpc) is 2.27. The van der Waals surface area contributed by atoms with Gasteiger partial charge in [0.05, 0.1) is 13.7 Å². The van der Waals surface area contributed by atoms with Gasteiger partial charge in [0.25, 0.3) is 0 Å². The third-order valence-corrected chi connectivity index (χ3v) is 2.20. The number of benzene rings is 1. The first kappa shape index (κ1) is 14.2. The van der Waals surface area contributed by atoms with Crippen LogP contribution in [0.3, 0.4) is 0 Å². The molecule has 0 saturated carbocycles. The Hall–Kier alpha value is -1.88. The van der Waals surface area contributed by atoms with E-state index in [9.17, 15) is 9.59 Å². The minimum Gasteiger partial charge on any atom is -0.493 e. The first-order chi connectivity index (χ1) is 8.43. The summed E-state index contributed by atoms with van der Waals surface area (Å²) in [5.41, 5.74) is 0.524. The van der Waals surface area contributed by atoms with Gasteiger partial charge in [0.2, 0.25) is 0 Å². The molecule has 0 heterocycles. The predicted octanol–water partition coefficient (Wildman–Crippen LogP) is 1.36. The number of rotatable bonds is 5. The fourth-order valence-corrected chi connectivity index (χ4v) is 1.46. The van der Waals surface area contributed by atoms with E-state index >= 15 is 0 Å². The summed E-state index contributed by atoms with van der Waals surface area (Å²) in [6.45, 7) is 1.63. The SMILES string of the molecule is COc1cc(C(=O)CN(C)C)ccc1OC(C)=O. The van der Waals surface area contributed by atoms with E-state index in [4.69, 9.17) is 9.47 Å². The van der Waals surface area contributed by atoms with Gasteiger partial charge in [0.1, 0.15) is 0 Å². The van der Waals surface area contributed by atoms with Crippen LogP contribution in [0, 0.1) is 0 Å². The van der Waals surface area contributed by atoms with Crippen LogP contribution < -0.4 is 9.47 Å². The van der Waals surface area contributed by atoms with E-state index in [1.165, 1.54) is 14.0 Å². The number of carbonyl (C=O) groups is 2. The molecule has 0 radical (unpaired) electrons. The molecule has 0 amide bonds. The molecule has 1 aromatic carbocycles. The molecule has 5 nitrogen and oxygen atoms in total. The van der Waals surface area contributed by atoms with Gasteiger partial charge in [-0.15, -0.1) is 0 Å².